The van der Waals surface area contributed by atoms with E-state index in [0.29, 0.717) is 5.92 Å². The van der Waals surface area contributed by atoms with Gasteiger partial charge < -0.3 is 10.0 Å². The van der Waals surface area contributed by atoms with Gasteiger partial charge in [-0.05, 0) is 37.9 Å². The van der Waals surface area contributed by atoms with Crippen LogP contribution in [0.3, 0.4) is 0 Å². The molecule has 1 aromatic heterocycles. The van der Waals surface area contributed by atoms with E-state index in [4.69, 9.17) is 0 Å². The van der Waals surface area contributed by atoms with Crippen LogP contribution in [0.25, 0.3) is 0 Å². The minimum absolute atomic E-state index is 0.0766. The molecule has 2 atom stereocenters. The van der Waals surface area contributed by atoms with Crippen molar-refractivity contribution in [1.82, 2.24) is 9.88 Å². The van der Waals surface area contributed by atoms with Crippen LogP contribution in [0, 0.1) is 5.92 Å². The lowest BCUT2D eigenvalue weighted by atomic mass is 10.1. The molecule has 94 valence electrons. The fraction of sp³-hybridized carbons (Fsp3) is 0.643. The van der Waals surface area contributed by atoms with Crippen molar-refractivity contribution in [3.8, 4) is 0 Å². The summed E-state index contributed by atoms with van der Waals surface area (Å²) in [5, 5.41) is 9.78. The third-order valence-electron chi connectivity index (χ3n) is 3.64. The predicted molar refractivity (Wildman–Crippen MR) is 68.8 cm³/mol. The van der Waals surface area contributed by atoms with Crippen molar-refractivity contribution in [2.75, 3.05) is 20.1 Å². The molecule has 2 rings (SSSR count). The first-order chi connectivity index (χ1) is 8.25. The van der Waals surface area contributed by atoms with E-state index in [1.807, 2.05) is 18.3 Å². The van der Waals surface area contributed by atoms with Crippen molar-refractivity contribution in [3.05, 3.63) is 30.1 Å². The van der Waals surface area contributed by atoms with Gasteiger partial charge in [0.2, 0.25) is 0 Å². The molecule has 0 spiro atoms. The Labute approximate surface area is 103 Å². The van der Waals surface area contributed by atoms with E-state index >= 15 is 0 Å². The average Bonchev–Trinajstić information content (AvgIpc) is 2.74. The van der Waals surface area contributed by atoms with Crippen LogP contribution < -0.4 is 0 Å². The fourth-order valence-corrected chi connectivity index (χ4v) is 2.57. The summed E-state index contributed by atoms with van der Waals surface area (Å²) in [6.45, 7) is 2.02. The molecule has 0 aliphatic heterocycles. The predicted octanol–water partition coefficient (Wildman–Crippen LogP) is 1.72. The molecule has 1 fully saturated rings. The van der Waals surface area contributed by atoms with Crippen molar-refractivity contribution < 1.29 is 5.11 Å². The second kappa shape index (κ2) is 6.12. The molecule has 0 radical (unpaired) electrons. The first-order valence-corrected chi connectivity index (χ1v) is 6.52. The highest BCUT2D eigenvalue weighted by Gasteiger charge is 2.25. The lowest BCUT2D eigenvalue weighted by Gasteiger charge is -2.22. The fourth-order valence-electron chi connectivity index (χ4n) is 2.57. The molecule has 0 aromatic carbocycles. The maximum Gasteiger partial charge on any atom is 0.0580 e. The van der Waals surface area contributed by atoms with Crippen LogP contribution in [0.2, 0.25) is 0 Å². The van der Waals surface area contributed by atoms with Gasteiger partial charge in [-0.25, -0.2) is 0 Å². The van der Waals surface area contributed by atoms with Crippen molar-refractivity contribution in [3.63, 3.8) is 0 Å². The summed E-state index contributed by atoms with van der Waals surface area (Å²) in [7, 11) is 2.13. The van der Waals surface area contributed by atoms with E-state index in [2.05, 4.69) is 23.0 Å². The minimum atomic E-state index is -0.0766. The molecular weight excluding hydrogens is 212 g/mol. The van der Waals surface area contributed by atoms with Crippen LogP contribution in [0.1, 0.15) is 25.0 Å². The summed E-state index contributed by atoms with van der Waals surface area (Å²) in [4.78, 5) is 6.63. The highest BCUT2D eigenvalue weighted by Crippen LogP contribution is 2.25. The molecular formula is C14H22N2O. The third-order valence-corrected chi connectivity index (χ3v) is 3.64. The zero-order valence-electron chi connectivity index (χ0n) is 10.5. The molecule has 1 saturated carbocycles. The summed E-state index contributed by atoms with van der Waals surface area (Å²) in [6, 6.07) is 6.05. The first-order valence-electron chi connectivity index (χ1n) is 6.52. The summed E-state index contributed by atoms with van der Waals surface area (Å²) in [5.74, 6) is 0.476. The van der Waals surface area contributed by atoms with Crippen molar-refractivity contribution >= 4 is 0 Å². The second-order valence-electron chi connectivity index (χ2n) is 5.09. The van der Waals surface area contributed by atoms with Crippen molar-refractivity contribution in [2.45, 2.75) is 31.8 Å². The number of hydrogen-bond acceptors (Lipinski definition) is 3. The number of aliphatic hydroxyl groups excluding tert-OH is 1. The van der Waals surface area contributed by atoms with Crippen LogP contribution in [-0.4, -0.2) is 41.2 Å². The Kier molecular flexibility index (Phi) is 4.51. The van der Waals surface area contributed by atoms with Crippen LogP contribution >= 0.6 is 0 Å². The minimum Gasteiger partial charge on any atom is -0.393 e. The third kappa shape index (κ3) is 3.79. The molecule has 2 unspecified atom stereocenters. The Bertz CT molecular complexity index is 328. The van der Waals surface area contributed by atoms with Crippen LogP contribution in [0.15, 0.2) is 24.4 Å². The first kappa shape index (κ1) is 12.5. The normalized spacial score (nSPS) is 24.4. The molecule has 0 saturated heterocycles. The van der Waals surface area contributed by atoms with Gasteiger partial charge in [-0.15, -0.1) is 0 Å². The Balaban J connectivity index is 1.72. The number of pyridine rings is 1. The SMILES string of the molecule is CN(CCc1ccccn1)CC1CCCC1O. The number of aliphatic hydroxyl groups is 1. The lowest BCUT2D eigenvalue weighted by Crippen LogP contribution is -2.31. The number of nitrogens with zero attached hydrogens (tertiary/aromatic N) is 2. The molecule has 1 heterocycles. The smallest absolute Gasteiger partial charge is 0.0580 e. The summed E-state index contributed by atoms with van der Waals surface area (Å²) < 4.78 is 0. The van der Waals surface area contributed by atoms with Gasteiger partial charge >= 0.3 is 0 Å². The number of rotatable bonds is 5. The zero-order chi connectivity index (χ0) is 12.1. The number of likely N-dealkylation sites (N-methyl/N-ethyl adjacent to an activating group) is 1. The lowest BCUT2D eigenvalue weighted by molar-refractivity contribution is 0.110. The topological polar surface area (TPSA) is 36.4 Å². The van der Waals surface area contributed by atoms with E-state index in [1.54, 1.807) is 0 Å². The summed E-state index contributed by atoms with van der Waals surface area (Å²) in [5.41, 5.74) is 1.14. The van der Waals surface area contributed by atoms with Gasteiger partial charge in [-0.3, -0.25) is 4.98 Å². The molecule has 1 aromatic rings. The van der Waals surface area contributed by atoms with Crippen LogP contribution in [-0.2, 0) is 6.42 Å². The van der Waals surface area contributed by atoms with Crippen molar-refractivity contribution in [2.24, 2.45) is 5.92 Å². The van der Waals surface area contributed by atoms with E-state index < -0.39 is 0 Å². The van der Waals surface area contributed by atoms with Gasteiger partial charge in [-0.1, -0.05) is 12.5 Å². The maximum atomic E-state index is 9.78. The van der Waals surface area contributed by atoms with Crippen LogP contribution in [0.5, 0.6) is 0 Å². The molecule has 3 heteroatoms. The highest BCUT2D eigenvalue weighted by molar-refractivity contribution is 5.03. The van der Waals surface area contributed by atoms with Gasteiger partial charge in [0, 0.05) is 31.4 Å². The summed E-state index contributed by atoms with van der Waals surface area (Å²) in [6.07, 6.45) is 6.09. The Morgan fingerprint density at radius 2 is 2.29 bits per heavy atom. The molecule has 1 aliphatic carbocycles. The molecule has 3 nitrogen and oxygen atoms in total. The van der Waals surface area contributed by atoms with E-state index in [-0.39, 0.29) is 6.10 Å². The number of aromatic nitrogens is 1. The highest BCUT2D eigenvalue weighted by atomic mass is 16.3. The molecule has 17 heavy (non-hydrogen) atoms. The van der Waals surface area contributed by atoms with E-state index in [0.717, 1.165) is 31.6 Å². The Morgan fingerprint density at radius 1 is 1.41 bits per heavy atom. The number of hydrogen-bond donors (Lipinski definition) is 1. The molecule has 0 amide bonds. The zero-order valence-corrected chi connectivity index (χ0v) is 10.5. The van der Waals surface area contributed by atoms with Gasteiger partial charge in [0.15, 0.2) is 0 Å². The monoisotopic (exact) mass is 234 g/mol. The van der Waals surface area contributed by atoms with Gasteiger partial charge in [-0.2, -0.15) is 0 Å². The molecule has 1 N–H and O–H groups in total. The van der Waals surface area contributed by atoms with Gasteiger partial charge in [0.1, 0.15) is 0 Å². The summed E-state index contributed by atoms with van der Waals surface area (Å²) >= 11 is 0. The largest absolute Gasteiger partial charge is 0.393 e. The Morgan fingerprint density at radius 3 is 2.94 bits per heavy atom. The Hall–Kier alpha value is -0.930. The van der Waals surface area contributed by atoms with Crippen molar-refractivity contribution in [1.29, 1.82) is 0 Å². The second-order valence-corrected chi connectivity index (χ2v) is 5.09. The van der Waals surface area contributed by atoms with E-state index in [1.165, 1.54) is 12.8 Å². The average molecular weight is 234 g/mol. The standard InChI is InChI=1S/C14H22N2O/c1-16(11-12-5-4-7-14(12)17)10-8-13-6-2-3-9-15-13/h2-3,6,9,12,14,17H,4-5,7-8,10-11H2,1H3. The van der Waals surface area contributed by atoms with Crippen LogP contribution in [0.4, 0.5) is 0 Å². The molecule has 0 bridgehead atoms. The maximum absolute atomic E-state index is 9.78. The van der Waals surface area contributed by atoms with Gasteiger partial charge in [0.05, 0.1) is 6.10 Å². The quantitative estimate of drug-likeness (QED) is 0.842. The molecule has 1 aliphatic rings. The van der Waals surface area contributed by atoms with E-state index in [9.17, 15) is 5.11 Å². The van der Waals surface area contributed by atoms with Gasteiger partial charge in [0.25, 0.3) is 0 Å².